The number of aryl methyl sites for hydroxylation is 2. The van der Waals surface area contributed by atoms with Crippen molar-refractivity contribution in [2.24, 2.45) is 15.9 Å². The largest absolute Gasteiger partial charge is 0.355 e. The lowest BCUT2D eigenvalue weighted by atomic mass is 9.93. The van der Waals surface area contributed by atoms with Gasteiger partial charge in [-0.2, -0.15) is 0 Å². The van der Waals surface area contributed by atoms with Crippen LogP contribution >= 0.6 is 0 Å². The van der Waals surface area contributed by atoms with Crippen LogP contribution in [0.25, 0.3) is 0 Å². The Morgan fingerprint density at radius 1 is 1.19 bits per heavy atom. The summed E-state index contributed by atoms with van der Waals surface area (Å²) in [5.74, 6) is 0.677. The molecule has 0 radical (unpaired) electrons. The number of fused-ring (bicyclic) bond motifs is 2. The second kappa shape index (κ2) is 8.05. The Morgan fingerprint density at radius 2 is 2.03 bits per heavy atom. The fourth-order valence-corrected chi connectivity index (χ4v) is 4.83. The van der Waals surface area contributed by atoms with Crippen molar-refractivity contribution in [2.75, 3.05) is 31.1 Å². The van der Waals surface area contributed by atoms with Gasteiger partial charge in [0, 0.05) is 19.6 Å². The van der Waals surface area contributed by atoms with Crippen LogP contribution in [0.3, 0.4) is 0 Å². The highest BCUT2D eigenvalue weighted by molar-refractivity contribution is 6.70. The maximum absolute atomic E-state index is 12.5. The summed E-state index contributed by atoms with van der Waals surface area (Å²) in [4.78, 5) is 25.9. The summed E-state index contributed by atoms with van der Waals surface area (Å²) >= 11 is 0. The molecule has 0 bridgehead atoms. The van der Waals surface area contributed by atoms with E-state index in [1.807, 2.05) is 13.0 Å². The van der Waals surface area contributed by atoms with E-state index in [2.05, 4.69) is 56.3 Å². The van der Waals surface area contributed by atoms with E-state index in [1.54, 1.807) is 0 Å². The molecule has 4 aliphatic rings. The van der Waals surface area contributed by atoms with Crippen LogP contribution in [0.15, 0.2) is 45.9 Å². The Balaban J connectivity index is 1.38. The number of hydrogen-bond donors (Lipinski definition) is 2. The minimum atomic E-state index is -1.24. The second-order valence-corrected chi connectivity index (χ2v) is 8.81. The van der Waals surface area contributed by atoms with E-state index in [9.17, 15) is 9.90 Å². The number of anilines is 1. The minimum Gasteiger partial charge on any atom is -0.355 e. The number of likely N-dealkylation sites (tertiary alicyclic amines) is 1. The lowest BCUT2D eigenvalue weighted by Gasteiger charge is -2.35. The first-order chi connectivity index (χ1) is 15.0. The van der Waals surface area contributed by atoms with Crippen molar-refractivity contribution in [3.8, 4) is 0 Å². The zero-order valence-electron chi connectivity index (χ0n) is 18.1. The summed E-state index contributed by atoms with van der Waals surface area (Å²) in [5, 5.41) is 12.5. The average molecular weight is 420 g/mol. The second-order valence-electron chi connectivity index (χ2n) is 8.81. The topological polar surface area (TPSA) is 80.5 Å². The molecule has 1 aromatic rings. The highest BCUT2D eigenvalue weighted by Gasteiger charge is 2.36. The Hall–Kier alpha value is -2.77. The van der Waals surface area contributed by atoms with Crippen molar-refractivity contribution < 1.29 is 9.90 Å². The number of aliphatic imine (C=N–C) groups is 2. The van der Waals surface area contributed by atoms with Gasteiger partial charge in [0.25, 0.3) is 5.91 Å². The van der Waals surface area contributed by atoms with Gasteiger partial charge in [-0.15, -0.1) is 0 Å². The van der Waals surface area contributed by atoms with Crippen LogP contribution in [0.1, 0.15) is 30.4 Å². The van der Waals surface area contributed by atoms with Crippen molar-refractivity contribution >= 4 is 28.8 Å². The number of aliphatic hydroxyl groups is 1. The van der Waals surface area contributed by atoms with Crippen LogP contribution < -0.4 is 10.2 Å². The van der Waals surface area contributed by atoms with Gasteiger partial charge >= 0.3 is 0 Å². The van der Waals surface area contributed by atoms with Gasteiger partial charge in [-0.25, -0.2) is 9.98 Å². The molecular formula is C24H29N5O2. The molecule has 0 spiro atoms. The van der Waals surface area contributed by atoms with Crippen LogP contribution in [0.4, 0.5) is 11.4 Å². The number of rotatable bonds is 4. The molecule has 1 amide bonds. The Bertz CT molecular complexity index is 1040. The average Bonchev–Trinajstić information content (AvgIpc) is 3.23. The monoisotopic (exact) mass is 419 g/mol. The molecule has 1 aromatic carbocycles. The predicted octanol–water partition coefficient (Wildman–Crippen LogP) is 2.60. The number of allylic oxidation sites excluding steroid dienone is 3. The standard InChI is InChI=1S/C24H29N5O2/c1-15-12-19-20(13-16(15)2)29(22-21(25-19)23(30)27-24(31)26-22)11-10-28-9-8-18(14-28)17-6-4-3-5-7-17/h4,6-7,12-13,18,24,31H,3,5,8-11,14H2,1-2H3,(H,27,30). The number of hydrogen-bond acceptors (Lipinski definition) is 6. The summed E-state index contributed by atoms with van der Waals surface area (Å²) in [6.07, 6.45) is 9.21. The summed E-state index contributed by atoms with van der Waals surface area (Å²) < 4.78 is 0. The molecule has 2 N–H and O–H groups in total. The summed E-state index contributed by atoms with van der Waals surface area (Å²) in [6, 6.07) is 4.13. The van der Waals surface area contributed by atoms with Crippen molar-refractivity contribution in [1.29, 1.82) is 0 Å². The van der Waals surface area contributed by atoms with Crippen LogP contribution in [-0.4, -0.2) is 60.0 Å². The van der Waals surface area contributed by atoms with Crippen molar-refractivity contribution in [3.05, 3.63) is 47.1 Å². The number of amides is 1. The van der Waals surface area contributed by atoms with Crippen molar-refractivity contribution in [1.82, 2.24) is 10.2 Å². The molecule has 5 rings (SSSR count). The van der Waals surface area contributed by atoms with Crippen LogP contribution in [0.2, 0.25) is 0 Å². The summed E-state index contributed by atoms with van der Waals surface area (Å²) in [6.45, 7) is 7.81. The molecular weight excluding hydrogens is 390 g/mol. The third-order valence-corrected chi connectivity index (χ3v) is 6.71. The zero-order valence-corrected chi connectivity index (χ0v) is 18.1. The normalized spacial score (nSPS) is 25.5. The van der Waals surface area contributed by atoms with Crippen molar-refractivity contribution in [2.45, 2.75) is 39.5 Å². The summed E-state index contributed by atoms with van der Waals surface area (Å²) in [7, 11) is 0. The molecule has 7 heteroatoms. The SMILES string of the molecule is Cc1cc2c(cc1C)N(CCN1CCC(C3=CCCC=C3)C1)C1=NC(O)NC(=O)C1=N2. The Morgan fingerprint density at radius 3 is 2.84 bits per heavy atom. The van der Waals surface area contributed by atoms with E-state index in [-0.39, 0.29) is 11.6 Å². The first-order valence-corrected chi connectivity index (χ1v) is 11.1. The lowest BCUT2D eigenvalue weighted by Crippen LogP contribution is -2.54. The summed E-state index contributed by atoms with van der Waals surface area (Å²) in [5.41, 5.74) is 5.78. The molecule has 1 aliphatic carbocycles. The lowest BCUT2D eigenvalue weighted by molar-refractivity contribution is -0.117. The zero-order chi connectivity index (χ0) is 21.5. The van der Waals surface area contributed by atoms with E-state index in [1.165, 1.54) is 17.6 Å². The maximum Gasteiger partial charge on any atom is 0.277 e. The molecule has 2 unspecified atom stereocenters. The van der Waals surface area contributed by atoms with Gasteiger partial charge in [0.2, 0.25) is 6.35 Å². The van der Waals surface area contributed by atoms with Crippen molar-refractivity contribution in [3.63, 3.8) is 0 Å². The quantitative estimate of drug-likeness (QED) is 0.786. The molecule has 0 aromatic heterocycles. The van der Waals surface area contributed by atoms with Gasteiger partial charge in [0.1, 0.15) is 0 Å². The number of carbonyl (C=O) groups excluding carboxylic acids is 1. The molecule has 3 heterocycles. The van der Waals surface area contributed by atoms with Crippen LogP contribution in [0, 0.1) is 19.8 Å². The molecule has 7 nitrogen and oxygen atoms in total. The number of benzene rings is 1. The van der Waals surface area contributed by atoms with E-state index in [0.717, 1.165) is 49.4 Å². The number of aliphatic hydroxyl groups excluding tert-OH is 1. The molecule has 2 atom stereocenters. The molecule has 0 saturated carbocycles. The molecule has 162 valence electrons. The Labute approximate surface area is 182 Å². The fourth-order valence-electron chi connectivity index (χ4n) is 4.83. The van der Waals surface area contributed by atoms with Gasteiger partial charge in [-0.3, -0.25) is 4.79 Å². The molecule has 31 heavy (non-hydrogen) atoms. The number of nitrogens with zero attached hydrogens (tertiary/aromatic N) is 4. The van der Waals surface area contributed by atoms with E-state index < -0.39 is 6.35 Å². The third kappa shape index (κ3) is 3.83. The third-order valence-electron chi connectivity index (χ3n) is 6.71. The molecule has 3 aliphatic heterocycles. The number of carbonyl (C=O) groups is 1. The van der Waals surface area contributed by atoms with Gasteiger partial charge in [-0.05, 0) is 74.4 Å². The van der Waals surface area contributed by atoms with Gasteiger partial charge in [0.05, 0.1) is 11.4 Å². The molecule has 1 saturated heterocycles. The van der Waals surface area contributed by atoms with E-state index >= 15 is 0 Å². The highest BCUT2D eigenvalue weighted by Crippen LogP contribution is 2.36. The first kappa shape index (κ1) is 20.2. The highest BCUT2D eigenvalue weighted by atomic mass is 16.3. The predicted molar refractivity (Wildman–Crippen MR) is 123 cm³/mol. The van der Waals surface area contributed by atoms with Gasteiger partial charge in [-0.1, -0.05) is 18.2 Å². The van der Waals surface area contributed by atoms with E-state index in [4.69, 9.17) is 0 Å². The fraction of sp³-hybridized carbons (Fsp3) is 0.458. The molecule has 1 fully saturated rings. The maximum atomic E-state index is 12.5. The Kier molecular flexibility index (Phi) is 5.24. The van der Waals surface area contributed by atoms with E-state index in [0.29, 0.717) is 18.3 Å². The van der Waals surface area contributed by atoms with Gasteiger partial charge < -0.3 is 20.2 Å². The first-order valence-electron chi connectivity index (χ1n) is 11.1. The van der Waals surface area contributed by atoms with Gasteiger partial charge in [0.15, 0.2) is 11.5 Å². The number of nitrogens with one attached hydrogen (secondary N) is 1. The smallest absolute Gasteiger partial charge is 0.277 e. The number of amidine groups is 1. The van der Waals surface area contributed by atoms with Crippen LogP contribution in [-0.2, 0) is 4.79 Å². The minimum absolute atomic E-state index is 0.276. The van der Waals surface area contributed by atoms with Crippen LogP contribution in [0.5, 0.6) is 0 Å².